The average molecular weight is 234 g/mol. The quantitative estimate of drug-likeness (QED) is 0.849. The molecule has 2 atom stereocenters. The van der Waals surface area contributed by atoms with E-state index in [4.69, 9.17) is 5.73 Å². The van der Waals surface area contributed by atoms with Gasteiger partial charge in [0.1, 0.15) is 0 Å². The Morgan fingerprint density at radius 3 is 2.81 bits per heavy atom. The number of hydrogen-bond donors (Lipinski definition) is 2. The summed E-state index contributed by atoms with van der Waals surface area (Å²) in [5, 5.41) is 12.2. The Kier molecular flexibility index (Phi) is 3.66. The third-order valence-electron chi connectivity index (χ3n) is 2.57. The molecule has 0 saturated carbocycles. The summed E-state index contributed by atoms with van der Waals surface area (Å²) in [7, 11) is 0. The Labute approximate surface area is 98.6 Å². The van der Waals surface area contributed by atoms with Gasteiger partial charge in [-0.15, -0.1) is 11.3 Å². The lowest BCUT2D eigenvalue weighted by atomic mass is 9.95. The van der Waals surface area contributed by atoms with Crippen molar-refractivity contribution in [1.82, 2.24) is 4.98 Å². The third-order valence-corrected chi connectivity index (χ3v) is 3.57. The predicted octanol–water partition coefficient (Wildman–Crippen LogP) is 1.92. The van der Waals surface area contributed by atoms with E-state index in [1.807, 2.05) is 29.6 Å². The van der Waals surface area contributed by atoms with E-state index in [-0.39, 0.29) is 5.92 Å². The maximum Gasteiger partial charge on any atom is 0.0893 e. The number of nitrogens with two attached hydrogens (primary N) is 1. The van der Waals surface area contributed by atoms with Crippen molar-refractivity contribution in [1.29, 1.82) is 0 Å². The van der Waals surface area contributed by atoms with E-state index in [0.29, 0.717) is 6.54 Å². The normalized spacial score (nSPS) is 14.6. The first-order valence-corrected chi connectivity index (χ1v) is 6.02. The first kappa shape index (κ1) is 11.3. The van der Waals surface area contributed by atoms with Gasteiger partial charge in [-0.1, -0.05) is 12.1 Å². The monoisotopic (exact) mass is 234 g/mol. The van der Waals surface area contributed by atoms with Crippen molar-refractivity contribution in [2.24, 2.45) is 5.73 Å². The minimum absolute atomic E-state index is 0.0517. The van der Waals surface area contributed by atoms with Crippen molar-refractivity contribution in [2.45, 2.75) is 12.0 Å². The van der Waals surface area contributed by atoms with E-state index >= 15 is 0 Å². The number of aromatic nitrogens is 1. The largest absolute Gasteiger partial charge is 0.388 e. The van der Waals surface area contributed by atoms with Crippen molar-refractivity contribution >= 4 is 11.3 Å². The molecule has 84 valence electrons. The SMILES string of the molecule is NCC(c1cccs1)C(O)c1cccnc1. The molecule has 4 heteroatoms. The molecule has 2 unspecified atom stereocenters. The van der Waals surface area contributed by atoms with E-state index in [1.54, 1.807) is 23.7 Å². The van der Waals surface area contributed by atoms with Gasteiger partial charge in [0.25, 0.3) is 0 Å². The van der Waals surface area contributed by atoms with Crippen molar-refractivity contribution in [3.05, 3.63) is 52.5 Å². The van der Waals surface area contributed by atoms with Gasteiger partial charge in [0.2, 0.25) is 0 Å². The molecule has 0 aliphatic carbocycles. The molecule has 3 N–H and O–H groups in total. The molecule has 0 spiro atoms. The molecule has 0 fully saturated rings. The van der Waals surface area contributed by atoms with Crippen molar-refractivity contribution in [3.63, 3.8) is 0 Å². The number of aliphatic hydroxyl groups excluding tert-OH is 1. The van der Waals surface area contributed by atoms with Gasteiger partial charge >= 0.3 is 0 Å². The summed E-state index contributed by atoms with van der Waals surface area (Å²) >= 11 is 1.62. The number of aliphatic hydroxyl groups is 1. The van der Waals surface area contributed by atoms with Crippen LogP contribution in [0.1, 0.15) is 22.5 Å². The molecule has 0 aromatic carbocycles. The highest BCUT2D eigenvalue weighted by molar-refractivity contribution is 7.10. The second kappa shape index (κ2) is 5.21. The van der Waals surface area contributed by atoms with Gasteiger partial charge in [-0.25, -0.2) is 0 Å². The van der Waals surface area contributed by atoms with Crippen LogP contribution in [0.2, 0.25) is 0 Å². The first-order valence-electron chi connectivity index (χ1n) is 5.14. The van der Waals surface area contributed by atoms with Crippen molar-refractivity contribution < 1.29 is 5.11 Å². The van der Waals surface area contributed by atoms with Crippen LogP contribution in [0, 0.1) is 0 Å². The summed E-state index contributed by atoms with van der Waals surface area (Å²) < 4.78 is 0. The first-order chi connectivity index (χ1) is 7.83. The molecule has 3 nitrogen and oxygen atoms in total. The second-order valence-electron chi connectivity index (χ2n) is 3.59. The molecule has 0 bridgehead atoms. The third kappa shape index (κ3) is 2.29. The number of rotatable bonds is 4. The van der Waals surface area contributed by atoms with E-state index in [2.05, 4.69) is 4.98 Å². The van der Waals surface area contributed by atoms with E-state index in [9.17, 15) is 5.11 Å². The van der Waals surface area contributed by atoms with Gasteiger partial charge in [-0.05, 0) is 23.1 Å². The molecule has 0 saturated heterocycles. The fourth-order valence-electron chi connectivity index (χ4n) is 1.69. The maximum absolute atomic E-state index is 10.2. The summed E-state index contributed by atoms with van der Waals surface area (Å²) in [6.45, 7) is 0.427. The fraction of sp³-hybridized carbons (Fsp3) is 0.250. The zero-order chi connectivity index (χ0) is 11.4. The highest BCUT2D eigenvalue weighted by Gasteiger charge is 2.22. The Balaban J connectivity index is 2.23. The van der Waals surface area contributed by atoms with Crippen LogP contribution in [0.25, 0.3) is 0 Å². The summed E-state index contributed by atoms with van der Waals surface area (Å²) in [6.07, 6.45) is 2.79. The van der Waals surface area contributed by atoms with Crippen LogP contribution in [0.4, 0.5) is 0 Å². The molecular weight excluding hydrogens is 220 g/mol. The molecule has 0 aliphatic heterocycles. The number of pyridine rings is 1. The number of hydrogen-bond acceptors (Lipinski definition) is 4. The summed E-state index contributed by atoms with van der Waals surface area (Å²) in [5.74, 6) is -0.0517. The van der Waals surface area contributed by atoms with Crippen LogP contribution >= 0.6 is 11.3 Å². The van der Waals surface area contributed by atoms with Crippen LogP contribution in [-0.2, 0) is 0 Å². The molecule has 2 aromatic rings. The minimum Gasteiger partial charge on any atom is -0.388 e. The maximum atomic E-state index is 10.2. The Morgan fingerprint density at radius 1 is 1.38 bits per heavy atom. The topological polar surface area (TPSA) is 59.1 Å². The van der Waals surface area contributed by atoms with E-state index in [1.165, 1.54) is 0 Å². The molecule has 2 rings (SSSR count). The highest BCUT2D eigenvalue weighted by atomic mass is 32.1. The molecule has 2 aromatic heterocycles. The summed E-state index contributed by atoms with van der Waals surface area (Å²) in [4.78, 5) is 5.12. The lowest BCUT2D eigenvalue weighted by molar-refractivity contribution is 0.148. The lowest BCUT2D eigenvalue weighted by Gasteiger charge is -2.20. The molecular formula is C12H14N2OS. The van der Waals surface area contributed by atoms with Gasteiger partial charge in [-0.2, -0.15) is 0 Å². The molecule has 0 radical (unpaired) electrons. The van der Waals surface area contributed by atoms with Crippen LogP contribution < -0.4 is 5.73 Å². The van der Waals surface area contributed by atoms with E-state index in [0.717, 1.165) is 10.4 Å². The Morgan fingerprint density at radius 2 is 2.25 bits per heavy atom. The Bertz CT molecular complexity index is 416. The minimum atomic E-state index is -0.586. The molecule has 0 aliphatic rings. The molecule has 2 heterocycles. The standard InChI is InChI=1S/C12H14N2OS/c13-7-10(11-4-2-6-16-11)12(15)9-3-1-5-14-8-9/h1-6,8,10,12,15H,7,13H2. The van der Waals surface area contributed by atoms with Gasteiger partial charge in [0, 0.05) is 29.7 Å². The van der Waals surface area contributed by atoms with Crippen LogP contribution in [0.5, 0.6) is 0 Å². The van der Waals surface area contributed by atoms with Crippen LogP contribution in [-0.4, -0.2) is 16.6 Å². The zero-order valence-corrected chi connectivity index (χ0v) is 9.60. The van der Waals surface area contributed by atoms with Gasteiger partial charge in [0.15, 0.2) is 0 Å². The molecule has 0 amide bonds. The van der Waals surface area contributed by atoms with Crippen molar-refractivity contribution in [3.8, 4) is 0 Å². The number of thiophene rings is 1. The number of nitrogens with zero attached hydrogens (tertiary/aromatic N) is 1. The van der Waals surface area contributed by atoms with Gasteiger partial charge in [0.05, 0.1) is 6.10 Å². The van der Waals surface area contributed by atoms with Crippen LogP contribution in [0.15, 0.2) is 42.0 Å². The zero-order valence-electron chi connectivity index (χ0n) is 8.78. The predicted molar refractivity (Wildman–Crippen MR) is 65.3 cm³/mol. The van der Waals surface area contributed by atoms with Gasteiger partial charge < -0.3 is 10.8 Å². The van der Waals surface area contributed by atoms with Crippen LogP contribution in [0.3, 0.4) is 0 Å². The van der Waals surface area contributed by atoms with Crippen molar-refractivity contribution in [2.75, 3.05) is 6.54 Å². The smallest absolute Gasteiger partial charge is 0.0893 e. The second-order valence-corrected chi connectivity index (χ2v) is 4.57. The average Bonchev–Trinajstić information content (AvgIpc) is 2.85. The van der Waals surface area contributed by atoms with Gasteiger partial charge in [-0.3, -0.25) is 4.98 Å². The fourth-order valence-corrected chi connectivity index (χ4v) is 2.56. The Hall–Kier alpha value is -1.23. The highest BCUT2D eigenvalue weighted by Crippen LogP contribution is 2.32. The summed E-state index contributed by atoms with van der Waals surface area (Å²) in [6, 6.07) is 7.66. The van der Waals surface area contributed by atoms with E-state index < -0.39 is 6.10 Å². The molecule has 16 heavy (non-hydrogen) atoms. The summed E-state index contributed by atoms with van der Waals surface area (Å²) in [5.41, 5.74) is 6.54. The lowest BCUT2D eigenvalue weighted by Crippen LogP contribution is -2.19.